The molecular formula is C26H58ClN2+. The zero-order valence-corrected chi connectivity index (χ0v) is 22.2. The maximum atomic E-state index is 2.42. The fourth-order valence-electron chi connectivity index (χ4n) is 4.17. The van der Waals surface area contributed by atoms with E-state index in [9.17, 15) is 0 Å². The number of halogens is 1. The van der Waals surface area contributed by atoms with Crippen molar-refractivity contribution < 1.29 is 21.4 Å². The van der Waals surface area contributed by atoms with Gasteiger partial charge >= 0.3 is 0 Å². The number of quaternary nitrogens is 2. The molecule has 0 aliphatic heterocycles. The van der Waals surface area contributed by atoms with Gasteiger partial charge in [-0.1, -0.05) is 96.8 Å². The molecule has 178 valence electrons. The standard InChI is InChI=1S/C26H58N2.ClH/c1-7-8-9-10-11-12-13-14-15-16-17-18-19-20-21-22-25-28(5,6)26-23-24-27(2,3)4;/h7-26H2,1-6H3;1H/q+2;/p-1. The molecule has 0 spiro atoms. The Balaban J connectivity index is 0. The Morgan fingerprint density at radius 1 is 0.379 bits per heavy atom. The van der Waals surface area contributed by atoms with Gasteiger partial charge in [-0.3, -0.25) is 0 Å². The molecule has 0 saturated heterocycles. The lowest BCUT2D eigenvalue weighted by Gasteiger charge is -2.31. The minimum Gasteiger partial charge on any atom is -1.00 e. The molecule has 0 unspecified atom stereocenters. The number of nitrogens with zero attached hydrogens (tertiary/aromatic N) is 2. The summed E-state index contributed by atoms with van der Waals surface area (Å²) < 4.78 is 2.30. The van der Waals surface area contributed by atoms with Crippen LogP contribution in [0.4, 0.5) is 0 Å². The molecule has 0 amide bonds. The third-order valence-corrected chi connectivity index (χ3v) is 6.21. The predicted molar refractivity (Wildman–Crippen MR) is 129 cm³/mol. The van der Waals surface area contributed by atoms with Crippen LogP contribution in [0.25, 0.3) is 0 Å². The van der Waals surface area contributed by atoms with E-state index in [0.29, 0.717) is 0 Å². The average Bonchev–Trinajstić information content (AvgIpc) is 2.60. The Bertz CT molecular complexity index is 323. The topological polar surface area (TPSA) is 0 Å². The third kappa shape index (κ3) is 26.2. The molecule has 3 heteroatoms. The quantitative estimate of drug-likeness (QED) is 0.185. The van der Waals surface area contributed by atoms with Crippen molar-refractivity contribution in [2.45, 2.75) is 116 Å². The van der Waals surface area contributed by atoms with E-state index in [1.807, 2.05) is 0 Å². The minimum atomic E-state index is 0. The van der Waals surface area contributed by atoms with E-state index in [2.05, 4.69) is 42.2 Å². The summed E-state index contributed by atoms with van der Waals surface area (Å²) in [6.45, 7) is 6.28. The van der Waals surface area contributed by atoms with Gasteiger partial charge in [-0.25, -0.2) is 0 Å². The molecule has 0 aliphatic rings. The molecule has 0 radical (unpaired) electrons. The Morgan fingerprint density at radius 3 is 1.03 bits per heavy atom. The van der Waals surface area contributed by atoms with Gasteiger partial charge in [0.2, 0.25) is 0 Å². The van der Waals surface area contributed by atoms with Crippen LogP contribution < -0.4 is 12.4 Å². The van der Waals surface area contributed by atoms with Gasteiger partial charge in [-0.15, -0.1) is 0 Å². The summed E-state index contributed by atoms with van der Waals surface area (Å²) in [6, 6.07) is 0. The van der Waals surface area contributed by atoms with Gasteiger partial charge in [-0.2, -0.15) is 0 Å². The van der Waals surface area contributed by atoms with E-state index in [-0.39, 0.29) is 12.4 Å². The Labute approximate surface area is 192 Å². The highest BCUT2D eigenvalue weighted by atomic mass is 35.5. The summed E-state index contributed by atoms with van der Waals surface area (Å²) in [4.78, 5) is 0. The molecule has 0 fully saturated rings. The molecule has 0 aromatic carbocycles. The summed E-state index contributed by atoms with van der Waals surface area (Å²) in [7, 11) is 11.7. The van der Waals surface area contributed by atoms with Crippen molar-refractivity contribution in [2.75, 3.05) is 54.9 Å². The van der Waals surface area contributed by atoms with Crippen molar-refractivity contribution in [3.8, 4) is 0 Å². The Morgan fingerprint density at radius 2 is 0.690 bits per heavy atom. The lowest BCUT2D eigenvalue weighted by molar-refractivity contribution is -0.902. The van der Waals surface area contributed by atoms with Crippen molar-refractivity contribution >= 4 is 0 Å². The van der Waals surface area contributed by atoms with Crippen LogP contribution in [0.1, 0.15) is 116 Å². The molecule has 0 N–H and O–H groups in total. The first-order valence-corrected chi connectivity index (χ1v) is 12.9. The number of rotatable bonds is 21. The normalized spacial score (nSPS) is 12.2. The van der Waals surface area contributed by atoms with Crippen LogP contribution in [0, 0.1) is 0 Å². The lowest BCUT2D eigenvalue weighted by atomic mass is 10.0. The highest BCUT2D eigenvalue weighted by molar-refractivity contribution is 4.50. The van der Waals surface area contributed by atoms with Crippen LogP contribution in [0.15, 0.2) is 0 Å². The molecule has 0 saturated carbocycles. The first-order chi connectivity index (χ1) is 13.3. The van der Waals surface area contributed by atoms with Gasteiger partial charge < -0.3 is 21.4 Å². The van der Waals surface area contributed by atoms with Crippen molar-refractivity contribution in [1.82, 2.24) is 0 Å². The number of hydrogen-bond donors (Lipinski definition) is 0. The van der Waals surface area contributed by atoms with Gasteiger partial charge in [0.15, 0.2) is 0 Å². The van der Waals surface area contributed by atoms with E-state index in [4.69, 9.17) is 0 Å². The molecule has 0 atom stereocenters. The average molecular weight is 434 g/mol. The molecule has 0 bridgehead atoms. The largest absolute Gasteiger partial charge is 1.00 e. The second-order valence-corrected chi connectivity index (χ2v) is 11.1. The van der Waals surface area contributed by atoms with Gasteiger partial charge in [0.1, 0.15) is 0 Å². The van der Waals surface area contributed by atoms with Gasteiger partial charge in [-0.05, 0) is 12.8 Å². The number of hydrogen-bond acceptors (Lipinski definition) is 0. The van der Waals surface area contributed by atoms with Crippen LogP contribution in [0.5, 0.6) is 0 Å². The SMILES string of the molecule is CCCCCCCCCCCCCCCCCC[N+](C)(C)CCC[N+](C)(C)C.[Cl-]. The highest BCUT2D eigenvalue weighted by Crippen LogP contribution is 2.14. The summed E-state index contributed by atoms with van der Waals surface area (Å²) in [6.07, 6.45) is 24.7. The van der Waals surface area contributed by atoms with Gasteiger partial charge in [0, 0.05) is 6.42 Å². The molecule has 0 heterocycles. The van der Waals surface area contributed by atoms with E-state index in [1.54, 1.807) is 0 Å². The second kappa shape index (κ2) is 20.1. The van der Waals surface area contributed by atoms with Crippen LogP contribution >= 0.6 is 0 Å². The molecule has 0 aromatic heterocycles. The second-order valence-electron chi connectivity index (χ2n) is 11.1. The molecular weight excluding hydrogens is 376 g/mol. The van der Waals surface area contributed by atoms with E-state index in [1.165, 1.54) is 133 Å². The molecule has 0 aliphatic carbocycles. The van der Waals surface area contributed by atoms with Crippen LogP contribution in [0.2, 0.25) is 0 Å². The minimum absolute atomic E-state index is 0. The Hall–Kier alpha value is 0.210. The summed E-state index contributed by atoms with van der Waals surface area (Å²) in [5, 5.41) is 0. The van der Waals surface area contributed by atoms with Crippen molar-refractivity contribution in [1.29, 1.82) is 0 Å². The number of unbranched alkanes of at least 4 members (excludes halogenated alkanes) is 15. The first-order valence-electron chi connectivity index (χ1n) is 12.9. The summed E-state index contributed by atoms with van der Waals surface area (Å²) >= 11 is 0. The van der Waals surface area contributed by atoms with E-state index in [0.717, 1.165) is 4.48 Å². The zero-order valence-electron chi connectivity index (χ0n) is 21.4. The van der Waals surface area contributed by atoms with Crippen molar-refractivity contribution in [2.24, 2.45) is 0 Å². The Kier molecular flexibility index (Phi) is 21.8. The van der Waals surface area contributed by atoms with Crippen molar-refractivity contribution in [3.05, 3.63) is 0 Å². The van der Waals surface area contributed by atoms with E-state index >= 15 is 0 Å². The molecule has 2 nitrogen and oxygen atoms in total. The zero-order chi connectivity index (χ0) is 21.1. The molecule has 0 aromatic rings. The fourth-order valence-corrected chi connectivity index (χ4v) is 4.17. The van der Waals surface area contributed by atoms with Gasteiger partial charge in [0.05, 0.1) is 54.9 Å². The maximum absolute atomic E-state index is 2.42. The first kappa shape index (κ1) is 31.4. The highest BCUT2D eigenvalue weighted by Gasteiger charge is 2.16. The predicted octanol–water partition coefficient (Wildman–Crippen LogP) is 4.42. The lowest BCUT2D eigenvalue weighted by Crippen LogP contribution is -3.00. The van der Waals surface area contributed by atoms with Crippen LogP contribution in [-0.4, -0.2) is 63.8 Å². The van der Waals surface area contributed by atoms with Gasteiger partial charge in [0.25, 0.3) is 0 Å². The summed E-state index contributed by atoms with van der Waals surface area (Å²) in [5.74, 6) is 0. The third-order valence-electron chi connectivity index (χ3n) is 6.21. The van der Waals surface area contributed by atoms with Crippen molar-refractivity contribution in [3.63, 3.8) is 0 Å². The monoisotopic (exact) mass is 433 g/mol. The summed E-state index contributed by atoms with van der Waals surface area (Å²) in [5.41, 5.74) is 0. The van der Waals surface area contributed by atoms with Crippen LogP contribution in [0.3, 0.4) is 0 Å². The van der Waals surface area contributed by atoms with E-state index < -0.39 is 0 Å². The maximum Gasteiger partial charge on any atom is 0.0836 e. The molecule has 29 heavy (non-hydrogen) atoms. The van der Waals surface area contributed by atoms with Crippen LogP contribution in [-0.2, 0) is 0 Å². The fraction of sp³-hybridized carbons (Fsp3) is 1.00. The smallest absolute Gasteiger partial charge is 0.0836 e. The molecule has 0 rings (SSSR count).